The van der Waals surface area contributed by atoms with E-state index in [2.05, 4.69) is 15.3 Å². The number of para-hydroxylation sites is 2. The lowest BCUT2D eigenvalue weighted by Crippen LogP contribution is -2.30. The summed E-state index contributed by atoms with van der Waals surface area (Å²) >= 11 is 0. The van der Waals surface area contributed by atoms with Gasteiger partial charge in [-0.25, -0.2) is 4.98 Å². The Kier molecular flexibility index (Phi) is 4.38. The molecule has 116 valence electrons. The Hall–Kier alpha value is -3.08. The van der Waals surface area contributed by atoms with Crippen molar-refractivity contribution in [3.63, 3.8) is 0 Å². The normalized spacial score (nSPS) is 11.7. The monoisotopic (exact) mass is 307 g/mol. The van der Waals surface area contributed by atoms with Crippen molar-refractivity contribution in [3.05, 3.63) is 67.1 Å². The van der Waals surface area contributed by atoms with Crippen molar-refractivity contribution >= 4 is 11.6 Å². The number of rotatable bonds is 5. The number of carbonyl (C=O) groups is 1. The first kappa shape index (κ1) is 14.8. The molecule has 1 amide bonds. The lowest BCUT2D eigenvalue weighted by Gasteiger charge is -2.16. The summed E-state index contributed by atoms with van der Waals surface area (Å²) in [6.07, 6.45) is 2.77. The third-order valence-corrected chi connectivity index (χ3v) is 3.38. The number of amides is 1. The first-order valence-electron chi connectivity index (χ1n) is 7.35. The maximum atomic E-state index is 12.3. The second kappa shape index (κ2) is 6.79. The van der Waals surface area contributed by atoms with Gasteiger partial charge in [0, 0.05) is 17.4 Å². The van der Waals surface area contributed by atoms with Gasteiger partial charge in [-0.2, -0.15) is 0 Å². The van der Waals surface area contributed by atoms with Crippen LogP contribution in [0.3, 0.4) is 0 Å². The highest BCUT2D eigenvalue weighted by Crippen LogP contribution is 2.28. The summed E-state index contributed by atoms with van der Waals surface area (Å²) < 4.78 is 5.84. The molecule has 0 aliphatic rings. The van der Waals surface area contributed by atoms with E-state index >= 15 is 0 Å². The Balaban J connectivity index is 1.73. The Bertz CT molecular complexity index is 770. The summed E-state index contributed by atoms with van der Waals surface area (Å²) in [6, 6.07) is 16.8. The van der Waals surface area contributed by atoms with Crippen LogP contribution in [0.15, 0.2) is 67.1 Å². The van der Waals surface area contributed by atoms with Gasteiger partial charge in [-0.05, 0) is 31.2 Å². The minimum absolute atomic E-state index is 0.201. The van der Waals surface area contributed by atoms with E-state index in [1.54, 1.807) is 19.4 Å². The van der Waals surface area contributed by atoms with Crippen LogP contribution in [-0.2, 0) is 4.79 Å². The largest absolute Gasteiger partial charge is 0.480 e. The number of H-pyrrole nitrogens is 1. The molecular weight excluding hydrogens is 290 g/mol. The van der Waals surface area contributed by atoms with Crippen molar-refractivity contribution in [1.29, 1.82) is 0 Å². The summed E-state index contributed by atoms with van der Waals surface area (Å²) in [6.45, 7) is 1.72. The van der Waals surface area contributed by atoms with E-state index in [-0.39, 0.29) is 5.91 Å². The maximum absolute atomic E-state index is 12.3. The summed E-state index contributed by atoms with van der Waals surface area (Å²) in [5, 5.41) is 2.83. The lowest BCUT2D eigenvalue weighted by molar-refractivity contribution is -0.122. The average Bonchev–Trinajstić information content (AvgIpc) is 3.10. The van der Waals surface area contributed by atoms with Crippen LogP contribution in [-0.4, -0.2) is 22.0 Å². The van der Waals surface area contributed by atoms with Crippen LogP contribution in [0.4, 0.5) is 5.69 Å². The van der Waals surface area contributed by atoms with Gasteiger partial charge in [0.25, 0.3) is 5.91 Å². The first-order chi connectivity index (χ1) is 11.2. The Morgan fingerprint density at radius 2 is 1.87 bits per heavy atom. The van der Waals surface area contributed by atoms with Gasteiger partial charge in [-0.1, -0.05) is 30.3 Å². The highest BCUT2D eigenvalue weighted by molar-refractivity contribution is 5.94. The van der Waals surface area contributed by atoms with E-state index in [0.717, 1.165) is 16.9 Å². The molecule has 1 atom stereocenters. The molecule has 0 radical (unpaired) electrons. The molecule has 0 aliphatic heterocycles. The minimum atomic E-state index is -0.629. The number of nitrogens with zero attached hydrogens (tertiary/aromatic N) is 1. The van der Waals surface area contributed by atoms with Crippen LogP contribution < -0.4 is 10.1 Å². The molecule has 2 N–H and O–H groups in total. The molecule has 5 nitrogen and oxygen atoms in total. The predicted molar refractivity (Wildman–Crippen MR) is 89.2 cm³/mol. The fourth-order valence-corrected chi connectivity index (χ4v) is 2.20. The predicted octanol–water partition coefficient (Wildman–Crippen LogP) is 3.48. The molecule has 1 heterocycles. The molecule has 1 aromatic heterocycles. The number of ether oxygens (including phenoxy) is 1. The number of hydrogen-bond acceptors (Lipinski definition) is 3. The minimum Gasteiger partial charge on any atom is -0.480 e. The quantitative estimate of drug-likeness (QED) is 0.758. The maximum Gasteiger partial charge on any atom is 0.265 e. The summed E-state index contributed by atoms with van der Waals surface area (Å²) in [4.78, 5) is 19.4. The van der Waals surface area contributed by atoms with Gasteiger partial charge in [-0.3, -0.25) is 4.79 Å². The molecule has 0 spiro atoms. The molecule has 0 aliphatic carbocycles. The second-order valence-corrected chi connectivity index (χ2v) is 5.07. The zero-order valence-electron chi connectivity index (χ0n) is 12.7. The molecule has 23 heavy (non-hydrogen) atoms. The van der Waals surface area contributed by atoms with Crippen LogP contribution >= 0.6 is 0 Å². The van der Waals surface area contributed by atoms with Crippen LogP contribution in [0.1, 0.15) is 6.92 Å². The van der Waals surface area contributed by atoms with Crippen molar-refractivity contribution in [2.75, 3.05) is 5.32 Å². The van der Waals surface area contributed by atoms with E-state index in [1.165, 1.54) is 0 Å². The third-order valence-electron chi connectivity index (χ3n) is 3.38. The average molecular weight is 307 g/mol. The van der Waals surface area contributed by atoms with Crippen molar-refractivity contribution in [2.45, 2.75) is 13.0 Å². The van der Waals surface area contributed by atoms with Crippen molar-refractivity contribution in [1.82, 2.24) is 9.97 Å². The van der Waals surface area contributed by atoms with Gasteiger partial charge in [0.15, 0.2) is 6.10 Å². The van der Waals surface area contributed by atoms with Gasteiger partial charge in [0.05, 0.1) is 12.0 Å². The van der Waals surface area contributed by atoms with Gasteiger partial charge >= 0.3 is 0 Å². The van der Waals surface area contributed by atoms with Gasteiger partial charge in [0.1, 0.15) is 5.75 Å². The standard InChI is InChI=1S/C18H17N3O2/c1-13(18(22)21-14-7-3-2-4-8-14)23-17-10-6-5-9-15(17)16-11-19-12-20-16/h2-13H,1H3,(H,19,20)(H,21,22). The first-order valence-corrected chi connectivity index (χ1v) is 7.35. The van der Waals surface area contributed by atoms with Crippen molar-refractivity contribution in [2.24, 2.45) is 0 Å². The Morgan fingerprint density at radius 3 is 2.61 bits per heavy atom. The molecule has 3 aromatic rings. The number of aromatic amines is 1. The number of aromatic nitrogens is 2. The molecule has 0 saturated heterocycles. The number of anilines is 1. The molecule has 2 aromatic carbocycles. The molecule has 3 rings (SSSR count). The smallest absolute Gasteiger partial charge is 0.265 e. The molecule has 0 fully saturated rings. The van der Waals surface area contributed by atoms with E-state index in [9.17, 15) is 4.79 Å². The molecule has 5 heteroatoms. The number of nitrogens with one attached hydrogen (secondary N) is 2. The van der Waals surface area contributed by atoms with Crippen LogP contribution in [0.2, 0.25) is 0 Å². The second-order valence-electron chi connectivity index (χ2n) is 5.07. The summed E-state index contributed by atoms with van der Waals surface area (Å²) in [5.74, 6) is 0.420. The van der Waals surface area contributed by atoms with E-state index in [4.69, 9.17) is 4.74 Å². The zero-order valence-corrected chi connectivity index (χ0v) is 12.7. The van der Waals surface area contributed by atoms with Crippen molar-refractivity contribution in [3.8, 4) is 17.0 Å². The lowest BCUT2D eigenvalue weighted by atomic mass is 10.1. The highest BCUT2D eigenvalue weighted by Gasteiger charge is 2.17. The summed E-state index contributed by atoms with van der Waals surface area (Å²) in [7, 11) is 0. The zero-order chi connectivity index (χ0) is 16.1. The molecule has 0 saturated carbocycles. The molecule has 0 bridgehead atoms. The van der Waals surface area contributed by atoms with Crippen LogP contribution in [0.25, 0.3) is 11.3 Å². The number of imidazole rings is 1. The van der Waals surface area contributed by atoms with E-state index < -0.39 is 6.10 Å². The van der Waals surface area contributed by atoms with Gasteiger partial charge in [0.2, 0.25) is 0 Å². The summed E-state index contributed by atoms with van der Waals surface area (Å²) in [5.41, 5.74) is 2.36. The van der Waals surface area contributed by atoms with Crippen LogP contribution in [0, 0.1) is 0 Å². The van der Waals surface area contributed by atoms with Gasteiger partial charge < -0.3 is 15.0 Å². The van der Waals surface area contributed by atoms with Crippen LogP contribution in [0.5, 0.6) is 5.75 Å². The third kappa shape index (κ3) is 3.58. The molecule has 1 unspecified atom stereocenters. The Labute approximate surface area is 134 Å². The van der Waals surface area contributed by atoms with Gasteiger partial charge in [-0.15, -0.1) is 0 Å². The SMILES string of the molecule is CC(Oc1ccccc1-c1c[nH]cn1)C(=O)Nc1ccccc1. The van der Waals surface area contributed by atoms with Crippen molar-refractivity contribution < 1.29 is 9.53 Å². The number of carbonyl (C=O) groups excluding carboxylic acids is 1. The highest BCUT2D eigenvalue weighted by atomic mass is 16.5. The molecular formula is C18H17N3O2. The number of hydrogen-bond donors (Lipinski definition) is 2. The van der Waals surface area contributed by atoms with E-state index in [1.807, 2.05) is 54.6 Å². The fourth-order valence-electron chi connectivity index (χ4n) is 2.20. The number of benzene rings is 2. The van der Waals surface area contributed by atoms with E-state index in [0.29, 0.717) is 5.75 Å². The topological polar surface area (TPSA) is 67.0 Å². The Morgan fingerprint density at radius 1 is 1.13 bits per heavy atom. The fraction of sp³-hybridized carbons (Fsp3) is 0.111.